The second-order valence-electron chi connectivity index (χ2n) is 5.96. The van der Waals surface area contributed by atoms with Gasteiger partial charge >= 0.3 is 0 Å². The van der Waals surface area contributed by atoms with Gasteiger partial charge in [-0.15, -0.1) is 0 Å². The Balaban J connectivity index is 1.74. The van der Waals surface area contributed by atoms with E-state index in [2.05, 4.69) is 29.7 Å². The number of ether oxygens (including phenoxy) is 1. The first kappa shape index (κ1) is 19.5. The normalized spacial score (nSPS) is 17.8. The second kappa shape index (κ2) is 8.59. The Labute approximate surface area is 167 Å². The fourth-order valence-corrected chi connectivity index (χ4v) is 3.85. The van der Waals surface area contributed by atoms with Crippen molar-refractivity contribution in [1.29, 1.82) is 0 Å². The number of nitrogens with one attached hydrogen (secondary N) is 2. The molecule has 0 unspecified atom stereocenters. The molecule has 1 saturated heterocycles. The Morgan fingerprint density at radius 3 is 2.70 bits per heavy atom. The van der Waals surface area contributed by atoms with E-state index in [-0.39, 0.29) is 22.2 Å². The minimum atomic E-state index is -0.254. The average Bonchev–Trinajstić information content (AvgIpc) is 2.99. The molecule has 1 aliphatic heterocycles. The third-order valence-electron chi connectivity index (χ3n) is 4.04. The number of benzene rings is 2. The summed E-state index contributed by atoms with van der Waals surface area (Å²) in [5.41, 5.74) is 2.64. The number of phenolic OH excluding ortho intramolecular Hbond substituents is 1. The van der Waals surface area contributed by atoms with Gasteiger partial charge in [0.05, 0.1) is 16.5 Å². The van der Waals surface area contributed by atoms with Crippen molar-refractivity contribution in [2.45, 2.75) is 25.8 Å². The van der Waals surface area contributed by atoms with Crippen LogP contribution in [0.2, 0.25) is 5.02 Å². The van der Waals surface area contributed by atoms with E-state index in [9.17, 15) is 9.90 Å². The van der Waals surface area contributed by atoms with Crippen LogP contribution < -0.4 is 15.4 Å². The molecule has 0 aromatic heterocycles. The quantitative estimate of drug-likeness (QED) is 0.613. The largest absolute Gasteiger partial charge is 0.503 e. The highest BCUT2D eigenvalue weighted by Crippen LogP contribution is 2.37. The minimum Gasteiger partial charge on any atom is -0.503 e. The van der Waals surface area contributed by atoms with Gasteiger partial charge < -0.3 is 20.5 Å². The maximum Gasteiger partial charge on any atom is 0.260 e. The molecule has 1 atom stereocenters. The van der Waals surface area contributed by atoms with E-state index in [0.29, 0.717) is 22.8 Å². The highest BCUT2D eigenvalue weighted by molar-refractivity contribution is 8.05. The number of carbonyl (C=O) groups excluding carboxylic acids is 1. The zero-order valence-corrected chi connectivity index (χ0v) is 16.7. The number of hydrogen-bond acceptors (Lipinski definition) is 5. The SMILES string of the molecule is CCOc1cc(/C=C2\S[C@@H](Nc3ccc(CC)cc3)NC2=O)cc(Cl)c1O. The summed E-state index contributed by atoms with van der Waals surface area (Å²) in [5, 5.41) is 16.3. The van der Waals surface area contributed by atoms with Crippen LogP contribution in [0.4, 0.5) is 5.69 Å². The number of anilines is 1. The standard InChI is InChI=1S/C20H21ClN2O3S/c1-3-12-5-7-14(8-6-12)22-20-23-19(25)17(27-20)11-13-9-15(21)18(24)16(10-13)26-4-2/h5-11,20,22,24H,3-4H2,1-2H3,(H,23,25)/b17-11-/t20-/m0/s1. The number of rotatable bonds is 6. The summed E-state index contributed by atoms with van der Waals surface area (Å²) in [4.78, 5) is 12.8. The van der Waals surface area contributed by atoms with Crippen LogP contribution in [-0.4, -0.2) is 23.1 Å². The van der Waals surface area contributed by atoms with Crippen LogP contribution in [0.25, 0.3) is 6.08 Å². The third kappa shape index (κ3) is 4.70. The number of carbonyl (C=O) groups is 1. The molecule has 7 heteroatoms. The summed E-state index contributed by atoms with van der Waals surface area (Å²) in [7, 11) is 0. The average molecular weight is 405 g/mol. The maximum atomic E-state index is 12.3. The van der Waals surface area contributed by atoms with Crippen molar-refractivity contribution in [3.8, 4) is 11.5 Å². The van der Waals surface area contributed by atoms with Gasteiger partial charge in [0, 0.05) is 5.69 Å². The Kier molecular flexibility index (Phi) is 6.19. The Bertz CT molecular complexity index is 868. The molecule has 0 spiro atoms. The van der Waals surface area contributed by atoms with Crippen LogP contribution in [0.1, 0.15) is 25.0 Å². The molecular weight excluding hydrogens is 384 g/mol. The van der Waals surface area contributed by atoms with Crippen molar-refractivity contribution in [2.75, 3.05) is 11.9 Å². The number of phenols is 1. The number of hydrogen-bond donors (Lipinski definition) is 3. The van der Waals surface area contributed by atoms with E-state index in [0.717, 1.165) is 12.1 Å². The van der Waals surface area contributed by atoms with Crippen LogP contribution >= 0.6 is 23.4 Å². The molecule has 1 aliphatic rings. The van der Waals surface area contributed by atoms with Gasteiger partial charge in [0.2, 0.25) is 0 Å². The summed E-state index contributed by atoms with van der Waals surface area (Å²) in [6, 6.07) is 11.4. The number of amides is 1. The van der Waals surface area contributed by atoms with Crippen LogP contribution in [0.5, 0.6) is 11.5 Å². The van der Waals surface area contributed by atoms with Gasteiger partial charge in [0.25, 0.3) is 5.91 Å². The molecule has 0 aliphatic carbocycles. The van der Waals surface area contributed by atoms with Crippen molar-refractivity contribution < 1.29 is 14.6 Å². The van der Waals surface area contributed by atoms with E-state index >= 15 is 0 Å². The summed E-state index contributed by atoms with van der Waals surface area (Å²) in [6.07, 6.45) is 2.72. The third-order valence-corrected chi connectivity index (χ3v) is 5.36. The van der Waals surface area contributed by atoms with Crippen molar-refractivity contribution in [3.63, 3.8) is 0 Å². The van der Waals surface area contributed by atoms with Gasteiger partial charge in [0.15, 0.2) is 17.0 Å². The zero-order chi connectivity index (χ0) is 19.4. The lowest BCUT2D eigenvalue weighted by molar-refractivity contribution is -0.116. The summed E-state index contributed by atoms with van der Waals surface area (Å²) >= 11 is 7.45. The topological polar surface area (TPSA) is 70.6 Å². The fourth-order valence-electron chi connectivity index (χ4n) is 2.65. The van der Waals surface area contributed by atoms with E-state index in [1.807, 2.05) is 19.1 Å². The first-order chi connectivity index (χ1) is 13.0. The molecule has 1 fully saturated rings. The molecule has 0 bridgehead atoms. The first-order valence-electron chi connectivity index (χ1n) is 8.70. The summed E-state index contributed by atoms with van der Waals surface area (Å²) < 4.78 is 5.39. The van der Waals surface area contributed by atoms with Crippen LogP contribution in [-0.2, 0) is 11.2 Å². The molecule has 1 amide bonds. The predicted octanol–water partition coefficient (Wildman–Crippen LogP) is 4.61. The zero-order valence-electron chi connectivity index (χ0n) is 15.1. The molecule has 3 N–H and O–H groups in total. The molecule has 2 aromatic rings. The van der Waals surface area contributed by atoms with Gasteiger partial charge in [-0.1, -0.05) is 42.4 Å². The highest BCUT2D eigenvalue weighted by Gasteiger charge is 2.27. The lowest BCUT2D eigenvalue weighted by atomic mass is 10.1. The monoisotopic (exact) mass is 404 g/mol. The Morgan fingerprint density at radius 1 is 1.30 bits per heavy atom. The van der Waals surface area contributed by atoms with E-state index in [4.69, 9.17) is 16.3 Å². The van der Waals surface area contributed by atoms with E-state index < -0.39 is 0 Å². The van der Waals surface area contributed by atoms with Crippen molar-refractivity contribution in [1.82, 2.24) is 5.32 Å². The van der Waals surface area contributed by atoms with Gasteiger partial charge in [-0.3, -0.25) is 4.79 Å². The van der Waals surface area contributed by atoms with Gasteiger partial charge in [-0.25, -0.2) is 0 Å². The summed E-state index contributed by atoms with van der Waals surface area (Å²) in [6.45, 7) is 4.34. The fraction of sp³-hybridized carbons (Fsp3) is 0.250. The van der Waals surface area contributed by atoms with Crippen LogP contribution in [0, 0.1) is 0 Å². The van der Waals surface area contributed by atoms with Gasteiger partial charge in [-0.05, 0) is 54.8 Å². The lowest BCUT2D eigenvalue weighted by Crippen LogP contribution is -2.30. The second-order valence-corrected chi connectivity index (χ2v) is 7.51. The van der Waals surface area contributed by atoms with Gasteiger partial charge in [-0.2, -0.15) is 0 Å². The van der Waals surface area contributed by atoms with Crippen LogP contribution in [0.15, 0.2) is 41.3 Å². The number of aryl methyl sites for hydroxylation is 1. The number of halogens is 1. The van der Waals surface area contributed by atoms with Crippen molar-refractivity contribution in [3.05, 3.63) is 57.5 Å². The smallest absolute Gasteiger partial charge is 0.260 e. The first-order valence-corrected chi connectivity index (χ1v) is 9.96. The minimum absolute atomic E-state index is 0.0979. The maximum absolute atomic E-state index is 12.3. The highest BCUT2D eigenvalue weighted by atomic mass is 35.5. The molecule has 3 rings (SSSR count). The number of thioether (sulfide) groups is 1. The Morgan fingerprint density at radius 2 is 2.04 bits per heavy atom. The predicted molar refractivity (Wildman–Crippen MR) is 111 cm³/mol. The Hall–Kier alpha value is -2.31. The lowest BCUT2D eigenvalue weighted by Gasteiger charge is -2.13. The van der Waals surface area contributed by atoms with E-state index in [1.165, 1.54) is 17.3 Å². The molecule has 0 saturated carbocycles. The molecule has 1 heterocycles. The van der Waals surface area contributed by atoms with E-state index in [1.54, 1.807) is 18.2 Å². The summed E-state index contributed by atoms with van der Waals surface area (Å²) in [5.74, 6) is 0.0371. The molecule has 5 nitrogen and oxygen atoms in total. The molecule has 2 aromatic carbocycles. The van der Waals surface area contributed by atoms with Crippen molar-refractivity contribution in [2.24, 2.45) is 0 Å². The molecule has 142 valence electrons. The molecular formula is C20H21ClN2O3S. The van der Waals surface area contributed by atoms with Crippen LogP contribution in [0.3, 0.4) is 0 Å². The molecule has 27 heavy (non-hydrogen) atoms. The number of aromatic hydroxyl groups is 1. The van der Waals surface area contributed by atoms with Crippen molar-refractivity contribution >= 4 is 41.0 Å². The van der Waals surface area contributed by atoms with Gasteiger partial charge in [0.1, 0.15) is 0 Å². The molecule has 0 radical (unpaired) electrons.